The zero-order valence-electron chi connectivity index (χ0n) is 17.1. The van der Waals surface area contributed by atoms with E-state index < -0.39 is 0 Å². The molecular weight excluding hydrogens is 539 g/mol. The average molecular weight is 585 g/mol. The van der Waals surface area contributed by atoms with Crippen LogP contribution in [-0.2, 0) is 0 Å². The van der Waals surface area contributed by atoms with E-state index in [0.29, 0.717) is 0 Å². The molecule has 0 bridgehead atoms. The minimum atomic E-state index is 0. The van der Waals surface area contributed by atoms with Crippen LogP contribution in [0.5, 0.6) is 0 Å². The minimum absolute atomic E-state index is 0. The Hall–Kier alpha value is 2.00. The molecule has 148 valence electrons. The zero-order valence-corrected chi connectivity index (χ0v) is 22.7. The number of halogens is 1. The van der Waals surface area contributed by atoms with Crippen molar-refractivity contribution >= 4 is 24.0 Å². The SMILES string of the molecule is CCCCC[N-]CCCCC.CCCCC[N-]CCCCC.I.[Nd]. The molecule has 0 aliphatic carbocycles. The third kappa shape index (κ3) is 39.2. The van der Waals surface area contributed by atoms with Gasteiger partial charge in [-0.2, -0.15) is 0 Å². The van der Waals surface area contributed by atoms with E-state index in [2.05, 4.69) is 38.3 Å². The summed E-state index contributed by atoms with van der Waals surface area (Å²) in [5.74, 6) is 0. The molecule has 0 saturated heterocycles. The molecule has 0 aromatic carbocycles. The predicted molar refractivity (Wildman–Crippen MR) is 120 cm³/mol. The van der Waals surface area contributed by atoms with Crippen LogP contribution < -0.4 is 0 Å². The van der Waals surface area contributed by atoms with Crippen molar-refractivity contribution in [3.8, 4) is 0 Å². The van der Waals surface area contributed by atoms with E-state index >= 15 is 0 Å². The third-order valence-corrected chi connectivity index (χ3v) is 3.68. The minimum Gasteiger partial charge on any atom is -0.662 e. The van der Waals surface area contributed by atoms with Crippen LogP contribution in [0, 0.1) is 40.8 Å². The Labute approximate surface area is 204 Å². The van der Waals surface area contributed by atoms with Crippen molar-refractivity contribution in [3.05, 3.63) is 10.6 Å². The Balaban J connectivity index is -0.000000154. The molecule has 0 atom stereocenters. The van der Waals surface area contributed by atoms with Crippen LogP contribution in [0.1, 0.15) is 105 Å². The molecule has 4 heteroatoms. The molecule has 0 aliphatic heterocycles. The van der Waals surface area contributed by atoms with Crippen LogP contribution in [0.25, 0.3) is 10.6 Å². The molecule has 0 saturated carbocycles. The summed E-state index contributed by atoms with van der Waals surface area (Å²) in [6.07, 6.45) is 15.8. The molecule has 0 aromatic rings. The summed E-state index contributed by atoms with van der Waals surface area (Å²) >= 11 is 0. The topological polar surface area (TPSA) is 28.2 Å². The Bertz CT molecular complexity index is 138. The largest absolute Gasteiger partial charge is 0.662 e. The molecule has 0 aliphatic rings. The molecule has 2 nitrogen and oxygen atoms in total. The number of hydrogen-bond acceptors (Lipinski definition) is 0. The Morgan fingerprint density at radius 2 is 0.625 bits per heavy atom. The number of hydrogen-bond donors (Lipinski definition) is 0. The van der Waals surface area contributed by atoms with Crippen LogP contribution in [0.15, 0.2) is 0 Å². The fourth-order valence-corrected chi connectivity index (χ4v) is 2.12. The smallest absolute Gasteiger partial charge is 0 e. The quantitative estimate of drug-likeness (QED) is 0.130. The van der Waals surface area contributed by atoms with E-state index in [-0.39, 0.29) is 64.8 Å². The summed E-state index contributed by atoms with van der Waals surface area (Å²) in [5, 5.41) is 8.89. The Morgan fingerprint density at radius 1 is 0.417 bits per heavy atom. The first kappa shape index (κ1) is 33.6. The Morgan fingerprint density at radius 3 is 0.792 bits per heavy atom. The fourth-order valence-electron chi connectivity index (χ4n) is 2.12. The Kier molecular flexibility index (Phi) is 50.4. The second kappa shape index (κ2) is 36.0. The van der Waals surface area contributed by atoms with Gasteiger partial charge in [-0.15, -0.1) is 50.2 Å². The molecule has 0 aromatic heterocycles. The van der Waals surface area contributed by atoms with Crippen molar-refractivity contribution in [2.75, 3.05) is 26.2 Å². The second-order valence-corrected chi connectivity index (χ2v) is 6.17. The van der Waals surface area contributed by atoms with Crippen molar-refractivity contribution < 1.29 is 40.8 Å². The van der Waals surface area contributed by atoms with E-state index in [1.807, 2.05) is 0 Å². The van der Waals surface area contributed by atoms with Gasteiger partial charge < -0.3 is 10.6 Å². The van der Waals surface area contributed by atoms with Crippen LogP contribution in [0.3, 0.4) is 0 Å². The van der Waals surface area contributed by atoms with E-state index in [1.165, 1.54) is 77.0 Å². The summed E-state index contributed by atoms with van der Waals surface area (Å²) in [6, 6.07) is 0. The van der Waals surface area contributed by atoms with E-state index in [9.17, 15) is 0 Å². The monoisotopic (exact) mass is 582 g/mol. The van der Waals surface area contributed by atoms with E-state index in [1.54, 1.807) is 0 Å². The van der Waals surface area contributed by atoms with Crippen LogP contribution >= 0.6 is 24.0 Å². The number of rotatable bonds is 16. The summed E-state index contributed by atoms with van der Waals surface area (Å²) < 4.78 is 0. The molecule has 0 amide bonds. The normalized spacial score (nSPS) is 9.50. The van der Waals surface area contributed by atoms with Gasteiger partial charge in [0.1, 0.15) is 0 Å². The third-order valence-electron chi connectivity index (χ3n) is 3.68. The van der Waals surface area contributed by atoms with Crippen molar-refractivity contribution in [2.24, 2.45) is 0 Å². The summed E-state index contributed by atoms with van der Waals surface area (Å²) in [6.45, 7) is 13.3. The maximum absolute atomic E-state index is 4.45. The molecule has 0 unspecified atom stereocenters. The molecule has 0 rings (SSSR count). The van der Waals surface area contributed by atoms with Crippen LogP contribution in [0.4, 0.5) is 0 Å². The summed E-state index contributed by atoms with van der Waals surface area (Å²) in [5.41, 5.74) is 0. The molecule has 0 fully saturated rings. The molecule has 0 heterocycles. The molecular formula is C20H45IN2Nd-2. The molecule has 0 spiro atoms. The number of unbranched alkanes of at least 4 members (excludes halogenated alkanes) is 8. The van der Waals surface area contributed by atoms with Crippen molar-refractivity contribution in [1.29, 1.82) is 0 Å². The van der Waals surface area contributed by atoms with Gasteiger partial charge in [0.2, 0.25) is 0 Å². The van der Waals surface area contributed by atoms with Gasteiger partial charge in [0.15, 0.2) is 0 Å². The molecule has 24 heavy (non-hydrogen) atoms. The maximum atomic E-state index is 4.45. The maximum Gasteiger partial charge on any atom is 0 e. The zero-order chi connectivity index (χ0) is 16.7. The van der Waals surface area contributed by atoms with Gasteiger partial charge in [-0.25, -0.2) is 0 Å². The van der Waals surface area contributed by atoms with Gasteiger partial charge in [-0.1, -0.05) is 105 Å². The van der Waals surface area contributed by atoms with Gasteiger partial charge in [-0.05, 0) is 0 Å². The van der Waals surface area contributed by atoms with Gasteiger partial charge >= 0.3 is 0 Å². The fraction of sp³-hybridized carbons (Fsp3) is 1.00. The standard InChI is InChI=1S/2C10H22N.HI.Nd/c2*1-3-5-7-9-11-10-8-6-4-2;;/h2*3-10H2,1-2H3;1H;/q2*-1;;. The summed E-state index contributed by atoms with van der Waals surface area (Å²) in [4.78, 5) is 0. The van der Waals surface area contributed by atoms with E-state index in [4.69, 9.17) is 0 Å². The van der Waals surface area contributed by atoms with E-state index in [0.717, 1.165) is 26.2 Å². The van der Waals surface area contributed by atoms with Gasteiger partial charge in [0.25, 0.3) is 0 Å². The van der Waals surface area contributed by atoms with Gasteiger partial charge in [0.05, 0.1) is 0 Å². The van der Waals surface area contributed by atoms with Crippen molar-refractivity contribution in [1.82, 2.24) is 0 Å². The predicted octanol–water partition coefficient (Wildman–Crippen LogP) is 8.10. The molecule has 0 radical (unpaired) electrons. The van der Waals surface area contributed by atoms with Crippen molar-refractivity contribution in [2.45, 2.75) is 105 Å². The van der Waals surface area contributed by atoms with Crippen LogP contribution in [0.2, 0.25) is 0 Å². The van der Waals surface area contributed by atoms with Crippen molar-refractivity contribution in [3.63, 3.8) is 0 Å². The average Bonchev–Trinajstić information content (AvgIpc) is 2.54. The second-order valence-electron chi connectivity index (χ2n) is 6.17. The van der Waals surface area contributed by atoms with Gasteiger partial charge in [0, 0.05) is 40.8 Å². The first-order valence-electron chi connectivity index (χ1n) is 10.1. The molecule has 0 N–H and O–H groups in total. The first-order valence-corrected chi connectivity index (χ1v) is 10.1. The first-order chi connectivity index (χ1) is 10.8. The van der Waals surface area contributed by atoms with Gasteiger partial charge in [-0.3, -0.25) is 0 Å². The number of nitrogens with zero attached hydrogens (tertiary/aromatic N) is 2. The van der Waals surface area contributed by atoms with Crippen LogP contribution in [-0.4, -0.2) is 26.2 Å². The summed E-state index contributed by atoms with van der Waals surface area (Å²) in [7, 11) is 0.